The summed E-state index contributed by atoms with van der Waals surface area (Å²) in [4.78, 5) is 23.0. The fourth-order valence-corrected chi connectivity index (χ4v) is 3.38. The molecule has 0 spiro atoms. The molecule has 27 heavy (non-hydrogen) atoms. The average molecular weight is 364 g/mol. The minimum absolute atomic E-state index is 0.0939. The summed E-state index contributed by atoms with van der Waals surface area (Å²) in [6.45, 7) is 8.16. The maximum Gasteiger partial charge on any atom is 0.255 e. The number of fused-ring (bicyclic) bond motifs is 1. The van der Waals surface area contributed by atoms with Crippen LogP contribution in [0.5, 0.6) is 0 Å². The smallest absolute Gasteiger partial charge is 0.255 e. The molecular weight excluding hydrogens is 340 g/mol. The highest BCUT2D eigenvalue weighted by atomic mass is 16.5. The fraction of sp³-hybridized carbons (Fsp3) is 0.333. The lowest BCUT2D eigenvalue weighted by molar-refractivity contribution is 0.0332. The number of amides is 1. The molecule has 3 aromatic rings. The van der Waals surface area contributed by atoms with Gasteiger partial charge in [0.05, 0.1) is 30.8 Å². The Bertz CT molecular complexity index is 973. The van der Waals surface area contributed by atoms with Crippen molar-refractivity contribution in [1.82, 2.24) is 14.9 Å². The van der Waals surface area contributed by atoms with Crippen molar-refractivity contribution in [2.24, 2.45) is 0 Å². The summed E-state index contributed by atoms with van der Waals surface area (Å²) < 4.78 is 5.39. The van der Waals surface area contributed by atoms with Crippen molar-refractivity contribution in [3.8, 4) is 0 Å². The number of morpholine rings is 1. The van der Waals surface area contributed by atoms with E-state index in [2.05, 4.69) is 20.2 Å². The highest BCUT2D eigenvalue weighted by Crippen LogP contribution is 2.20. The van der Waals surface area contributed by atoms with E-state index in [9.17, 15) is 4.79 Å². The molecule has 1 saturated heterocycles. The maximum absolute atomic E-state index is 12.6. The second-order valence-corrected chi connectivity index (χ2v) is 7.01. The number of nitrogens with zero attached hydrogens (tertiary/aromatic N) is 2. The molecule has 1 aliphatic rings. The van der Waals surface area contributed by atoms with Crippen LogP contribution in [0.4, 0.5) is 5.69 Å². The first-order valence-electron chi connectivity index (χ1n) is 9.26. The van der Waals surface area contributed by atoms with Gasteiger partial charge in [0.2, 0.25) is 0 Å². The monoisotopic (exact) mass is 364 g/mol. The standard InChI is InChI=1S/C21H24N4O2/c1-14-4-3-5-17(15(14)2)21(26)22-16-6-7-18-19(12-16)24-20(23-18)13-25-8-10-27-11-9-25/h3-7,12H,8-11,13H2,1-2H3,(H,22,26)(H,23,24). The van der Waals surface area contributed by atoms with Crippen molar-refractivity contribution in [2.45, 2.75) is 20.4 Å². The second-order valence-electron chi connectivity index (χ2n) is 7.01. The largest absolute Gasteiger partial charge is 0.379 e. The van der Waals surface area contributed by atoms with Crippen molar-refractivity contribution in [3.63, 3.8) is 0 Å². The van der Waals surface area contributed by atoms with Crippen LogP contribution in [0.3, 0.4) is 0 Å². The van der Waals surface area contributed by atoms with E-state index in [1.807, 2.05) is 50.2 Å². The lowest BCUT2D eigenvalue weighted by Gasteiger charge is -2.25. The second kappa shape index (κ2) is 7.50. The van der Waals surface area contributed by atoms with Crippen LogP contribution in [-0.4, -0.2) is 47.1 Å². The van der Waals surface area contributed by atoms with Gasteiger partial charge in [-0.2, -0.15) is 0 Å². The first-order valence-corrected chi connectivity index (χ1v) is 9.26. The molecule has 4 rings (SSSR count). The van der Waals surface area contributed by atoms with Crippen LogP contribution in [0.2, 0.25) is 0 Å². The predicted octanol–water partition coefficient (Wildman–Crippen LogP) is 3.26. The van der Waals surface area contributed by atoms with Gasteiger partial charge in [0.15, 0.2) is 0 Å². The zero-order valence-corrected chi connectivity index (χ0v) is 15.7. The molecule has 0 saturated carbocycles. The Morgan fingerprint density at radius 2 is 2.04 bits per heavy atom. The molecule has 2 N–H and O–H groups in total. The summed E-state index contributed by atoms with van der Waals surface area (Å²) in [5.41, 5.74) is 5.41. The molecule has 0 bridgehead atoms. The van der Waals surface area contributed by atoms with Gasteiger partial charge in [0.25, 0.3) is 5.91 Å². The third kappa shape index (κ3) is 3.86. The Labute approximate surface area is 158 Å². The van der Waals surface area contributed by atoms with E-state index in [1.165, 1.54) is 0 Å². The van der Waals surface area contributed by atoms with E-state index >= 15 is 0 Å². The molecule has 0 radical (unpaired) electrons. The first kappa shape index (κ1) is 17.7. The van der Waals surface area contributed by atoms with Crippen molar-refractivity contribution in [2.75, 3.05) is 31.6 Å². The molecule has 2 heterocycles. The van der Waals surface area contributed by atoms with E-state index in [-0.39, 0.29) is 5.91 Å². The highest BCUT2D eigenvalue weighted by Gasteiger charge is 2.14. The van der Waals surface area contributed by atoms with Gasteiger partial charge in [-0.25, -0.2) is 4.98 Å². The topological polar surface area (TPSA) is 70.2 Å². The lowest BCUT2D eigenvalue weighted by Crippen LogP contribution is -2.35. The normalized spacial score (nSPS) is 15.2. The first-order chi connectivity index (χ1) is 13.1. The third-order valence-electron chi connectivity index (χ3n) is 5.12. The van der Waals surface area contributed by atoms with Gasteiger partial charge in [-0.3, -0.25) is 9.69 Å². The van der Waals surface area contributed by atoms with Crippen molar-refractivity contribution >= 4 is 22.6 Å². The summed E-state index contributed by atoms with van der Waals surface area (Å²) >= 11 is 0. The van der Waals surface area contributed by atoms with Crippen LogP contribution in [0, 0.1) is 13.8 Å². The number of hydrogen-bond donors (Lipinski definition) is 2. The number of nitrogens with one attached hydrogen (secondary N) is 2. The highest BCUT2D eigenvalue weighted by molar-refractivity contribution is 6.06. The molecule has 2 aromatic carbocycles. The Kier molecular flexibility index (Phi) is 4.92. The van der Waals surface area contributed by atoms with E-state index in [0.29, 0.717) is 5.56 Å². The number of anilines is 1. The van der Waals surface area contributed by atoms with Crippen LogP contribution in [0.25, 0.3) is 11.0 Å². The number of H-pyrrole nitrogens is 1. The third-order valence-corrected chi connectivity index (χ3v) is 5.12. The van der Waals surface area contributed by atoms with Crippen LogP contribution < -0.4 is 5.32 Å². The molecule has 6 nitrogen and oxygen atoms in total. The van der Waals surface area contributed by atoms with Gasteiger partial charge in [0, 0.05) is 24.3 Å². The summed E-state index contributed by atoms with van der Waals surface area (Å²) in [6, 6.07) is 11.5. The number of carbonyl (C=O) groups is 1. The number of benzene rings is 2. The SMILES string of the molecule is Cc1cccc(C(=O)Nc2ccc3nc(CN4CCOCC4)[nH]c3c2)c1C. The van der Waals surface area contributed by atoms with Gasteiger partial charge in [0.1, 0.15) is 5.82 Å². The van der Waals surface area contributed by atoms with Crippen molar-refractivity contribution < 1.29 is 9.53 Å². The number of rotatable bonds is 4. The molecule has 140 valence electrons. The Morgan fingerprint density at radius 3 is 2.85 bits per heavy atom. The Morgan fingerprint density at radius 1 is 1.22 bits per heavy atom. The van der Waals surface area contributed by atoms with Gasteiger partial charge in [-0.15, -0.1) is 0 Å². The van der Waals surface area contributed by atoms with Gasteiger partial charge in [-0.1, -0.05) is 12.1 Å². The van der Waals surface area contributed by atoms with Gasteiger partial charge >= 0.3 is 0 Å². The zero-order valence-electron chi connectivity index (χ0n) is 15.7. The van der Waals surface area contributed by atoms with Crippen molar-refractivity contribution in [1.29, 1.82) is 0 Å². The molecular formula is C21H24N4O2. The number of aromatic amines is 1. The van der Waals surface area contributed by atoms with E-state index in [1.54, 1.807) is 0 Å². The molecule has 1 amide bonds. The fourth-order valence-electron chi connectivity index (χ4n) is 3.38. The van der Waals surface area contributed by atoms with Crippen LogP contribution >= 0.6 is 0 Å². The summed E-state index contributed by atoms with van der Waals surface area (Å²) in [5, 5.41) is 3.00. The average Bonchev–Trinajstić information content (AvgIpc) is 3.06. The summed E-state index contributed by atoms with van der Waals surface area (Å²) in [5.74, 6) is 0.841. The summed E-state index contributed by atoms with van der Waals surface area (Å²) in [7, 11) is 0. The predicted molar refractivity (Wildman–Crippen MR) is 106 cm³/mol. The number of aryl methyl sites for hydroxylation is 1. The summed E-state index contributed by atoms with van der Waals surface area (Å²) in [6.07, 6.45) is 0. The van der Waals surface area contributed by atoms with E-state index < -0.39 is 0 Å². The van der Waals surface area contributed by atoms with E-state index in [0.717, 1.165) is 66.5 Å². The number of hydrogen-bond acceptors (Lipinski definition) is 4. The number of imidazole rings is 1. The van der Waals surface area contributed by atoms with Gasteiger partial charge < -0.3 is 15.0 Å². The lowest BCUT2D eigenvalue weighted by atomic mass is 10.0. The van der Waals surface area contributed by atoms with Crippen LogP contribution in [0.1, 0.15) is 27.3 Å². The number of carbonyl (C=O) groups excluding carboxylic acids is 1. The van der Waals surface area contributed by atoms with E-state index in [4.69, 9.17) is 4.74 Å². The Hall–Kier alpha value is -2.70. The quantitative estimate of drug-likeness (QED) is 0.745. The molecule has 6 heteroatoms. The molecule has 1 fully saturated rings. The molecule has 1 aromatic heterocycles. The number of aromatic nitrogens is 2. The minimum Gasteiger partial charge on any atom is -0.379 e. The van der Waals surface area contributed by atoms with Crippen LogP contribution in [-0.2, 0) is 11.3 Å². The van der Waals surface area contributed by atoms with Crippen molar-refractivity contribution in [3.05, 3.63) is 58.9 Å². The Balaban J connectivity index is 1.51. The minimum atomic E-state index is -0.0939. The molecule has 0 unspecified atom stereocenters. The molecule has 0 aliphatic carbocycles. The molecule has 1 aliphatic heterocycles. The zero-order chi connectivity index (χ0) is 18.8. The van der Waals surface area contributed by atoms with Crippen LogP contribution in [0.15, 0.2) is 36.4 Å². The maximum atomic E-state index is 12.6. The number of ether oxygens (including phenoxy) is 1. The molecule has 0 atom stereocenters. The van der Waals surface area contributed by atoms with Gasteiger partial charge in [-0.05, 0) is 49.2 Å².